The van der Waals surface area contributed by atoms with Crippen LogP contribution in [0.1, 0.15) is 43.8 Å². The first-order valence-corrected chi connectivity index (χ1v) is 6.81. The maximum atomic E-state index is 13.6. The van der Waals surface area contributed by atoms with Crippen LogP contribution in [0.25, 0.3) is 0 Å². The van der Waals surface area contributed by atoms with Crippen molar-refractivity contribution in [3.8, 4) is 0 Å². The molecule has 1 aromatic rings. The van der Waals surface area contributed by atoms with Gasteiger partial charge in [-0.2, -0.15) is 0 Å². The molecule has 0 aromatic heterocycles. The minimum Gasteiger partial charge on any atom is -0.387 e. The molecule has 1 N–H and O–H groups in total. The third-order valence-corrected chi connectivity index (χ3v) is 3.92. The van der Waals surface area contributed by atoms with Crippen molar-refractivity contribution < 1.29 is 9.50 Å². The number of rotatable bonds is 4. The fourth-order valence-electron chi connectivity index (χ4n) is 2.79. The summed E-state index contributed by atoms with van der Waals surface area (Å²) >= 11 is 0. The Kier molecular flexibility index (Phi) is 4.72. The van der Waals surface area contributed by atoms with Gasteiger partial charge in [-0.05, 0) is 26.0 Å². The zero-order valence-electron chi connectivity index (χ0n) is 11.0. The van der Waals surface area contributed by atoms with Crippen molar-refractivity contribution >= 4 is 0 Å². The van der Waals surface area contributed by atoms with Crippen LogP contribution in [0.5, 0.6) is 0 Å². The lowest BCUT2D eigenvalue weighted by atomic mass is 9.94. The van der Waals surface area contributed by atoms with Crippen molar-refractivity contribution in [2.24, 2.45) is 0 Å². The van der Waals surface area contributed by atoms with Gasteiger partial charge in [-0.3, -0.25) is 0 Å². The first-order valence-electron chi connectivity index (χ1n) is 6.81. The largest absolute Gasteiger partial charge is 0.387 e. The molecule has 0 saturated heterocycles. The van der Waals surface area contributed by atoms with E-state index in [1.165, 1.54) is 38.2 Å². The van der Waals surface area contributed by atoms with Gasteiger partial charge in [0.25, 0.3) is 0 Å². The second kappa shape index (κ2) is 6.30. The van der Waals surface area contributed by atoms with Gasteiger partial charge in [0.1, 0.15) is 5.82 Å². The molecule has 0 amide bonds. The van der Waals surface area contributed by atoms with Crippen molar-refractivity contribution in [1.29, 1.82) is 0 Å². The summed E-state index contributed by atoms with van der Waals surface area (Å²) in [6.45, 7) is 0.506. The van der Waals surface area contributed by atoms with Crippen LogP contribution in [-0.2, 0) is 0 Å². The minimum atomic E-state index is -0.738. The quantitative estimate of drug-likeness (QED) is 0.888. The van der Waals surface area contributed by atoms with E-state index in [1.807, 2.05) is 7.05 Å². The zero-order valence-corrected chi connectivity index (χ0v) is 11.0. The average Bonchev–Trinajstić information content (AvgIpc) is 2.40. The zero-order chi connectivity index (χ0) is 13.0. The SMILES string of the molecule is CN(CC(O)c1ccccc1F)C1CCCCC1. The molecule has 100 valence electrons. The molecule has 1 aromatic carbocycles. The van der Waals surface area contributed by atoms with Crippen molar-refractivity contribution in [2.45, 2.75) is 44.2 Å². The molecular formula is C15H22FNO. The molecule has 0 bridgehead atoms. The van der Waals surface area contributed by atoms with Gasteiger partial charge in [0.15, 0.2) is 0 Å². The Balaban J connectivity index is 1.94. The maximum Gasteiger partial charge on any atom is 0.129 e. The molecule has 3 heteroatoms. The van der Waals surface area contributed by atoms with Crippen LogP contribution in [0.4, 0.5) is 4.39 Å². The predicted molar refractivity (Wildman–Crippen MR) is 70.9 cm³/mol. The van der Waals surface area contributed by atoms with Gasteiger partial charge in [-0.25, -0.2) is 4.39 Å². The Hall–Kier alpha value is -0.930. The van der Waals surface area contributed by atoms with E-state index in [0.717, 1.165) is 0 Å². The molecule has 18 heavy (non-hydrogen) atoms. The number of halogens is 1. The molecule has 1 fully saturated rings. The van der Waals surface area contributed by atoms with Gasteiger partial charge in [-0.15, -0.1) is 0 Å². The van der Waals surface area contributed by atoms with Gasteiger partial charge in [0.2, 0.25) is 0 Å². The Morgan fingerprint density at radius 3 is 2.61 bits per heavy atom. The second-order valence-corrected chi connectivity index (χ2v) is 5.27. The third-order valence-electron chi connectivity index (χ3n) is 3.92. The lowest BCUT2D eigenvalue weighted by Crippen LogP contribution is -2.36. The topological polar surface area (TPSA) is 23.5 Å². The highest BCUT2D eigenvalue weighted by Gasteiger charge is 2.21. The Morgan fingerprint density at radius 2 is 1.94 bits per heavy atom. The standard InChI is InChI=1S/C15H22FNO/c1-17(12-7-3-2-4-8-12)11-15(18)13-9-5-6-10-14(13)16/h5-6,9-10,12,15,18H,2-4,7-8,11H2,1H3. The Bertz CT molecular complexity index is 377. The van der Waals surface area contributed by atoms with Crippen LogP contribution in [0.3, 0.4) is 0 Å². The van der Waals surface area contributed by atoms with Crippen LogP contribution >= 0.6 is 0 Å². The highest BCUT2D eigenvalue weighted by molar-refractivity contribution is 5.20. The van der Waals surface area contributed by atoms with E-state index in [9.17, 15) is 9.50 Å². The summed E-state index contributed by atoms with van der Waals surface area (Å²) in [7, 11) is 2.03. The van der Waals surface area contributed by atoms with Gasteiger partial charge in [0, 0.05) is 18.2 Å². The summed E-state index contributed by atoms with van der Waals surface area (Å²) in [6.07, 6.45) is 5.51. The Morgan fingerprint density at radius 1 is 1.28 bits per heavy atom. The van der Waals surface area contributed by atoms with Crippen LogP contribution in [-0.4, -0.2) is 29.6 Å². The highest BCUT2D eigenvalue weighted by atomic mass is 19.1. The number of benzene rings is 1. The third kappa shape index (κ3) is 3.30. The lowest BCUT2D eigenvalue weighted by molar-refractivity contribution is 0.0891. The molecule has 0 aliphatic heterocycles. The molecule has 1 unspecified atom stereocenters. The van der Waals surface area contributed by atoms with Crippen molar-refractivity contribution in [1.82, 2.24) is 4.90 Å². The molecule has 0 radical (unpaired) electrons. The smallest absolute Gasteiger partial charge is 0.129 e. The molecule has 2 nitrogen and oxygen atoms in total. The number of hydrogen-bond acceptors (Lipinski definition) is 2. The monoisotopic (exact) mass is 251 g/mol. The summed E-state index contributed by atoms with van der Waals surface area (Å²) in [5, 5.41) is 10.1. The number of hydrogen-bond donors (Lipinski definition) is 1. The van der Waals surface area contributed by atoms with E-state index in [1.54, 1.807) is 18.2 Å². The van der Waals surface area contributed by atoms with E-state index in [4.69, 9.17) is 0 Å². The molecular weight excluding hydrogens is 229 g/mol. The maximum absolute atomic E-state index is 13.6. The summed E-state index contributed by atoms with van der Waals surface area (Å²) in [5.41, 5.74) is 0.403. The van der Waals surface area contributed by atoms with E-state index >= 15 is 0 Å². The minimum absolute atomic E-state index is 0.318. The van der Waals surface area contributed by atoms with Crippen LogP contribution < -0.4 is 0 Å². The number of aliphatic hydroxyl groups is 1. The van der Waals surface area contributed by atoms with E-state index in [2.05, 4.69) is 4.90 Å². The molecule has 0 spiro atoms. The lowest BCUT2D eigenvalue weighted by Gasteiger charge is -2.32. The molecule has 1 aliphatic rings. The average molecular weight is 251 g/mol. The van der Waals surface area contributed by atoms with Gasteiger partial charge in [0.05, 0.1) is 6.10 Å². The van der Waals surface area contributed by atoms with E-state index in [-0.39, 0.29) is 5.82 Å². The molecule has 1 saturated carbocycles. The van der Waals surface area contributed by atoms with Crippen molar-refractivity contribution in [3.63, 3.8) is 0 Å². The number of likely N-dealkylation sites (N-methyl/N-ethyl adjacent to an activating group) is 1. The summed E-state index contributed by atoms with van der Waals surface area (Å²) in [5.74, 6) is -0.318. The summed E-state index contributed by atoms with van der Waals surface area (Å²) in [4.78, 5) is 2.18. The number of aliphatic hydroxyl groups excluding tert-OH is 1. The number of nitrogens with zero attached hydrogens (tertiary/aromatic N) is 1. The fraction of sp³-hybridized carbons (Fsp3) is 0.600. The van der Waals surface area contributed by atoms with Crippen LogP contribution in [0.2, 0.25) is 0 Å². The van der Waals surface area contributed by atoms with Crippen LogP contribution in [0.15, 0.2) is 24.3 Å². The predicted octanol–water partition coefficient (Wildman–Crippen LogP) is 3.12. The molecule has 1 aliphatic carbocycles. The first kappa shape index (κ1) is 13.5. The van der Waals surface area contributed by atoms with E-state index in [0.29, 0.717) is 18.2 Å². The van der Waals surface area contributed by atoms with Crippen LogP contribution in [0, 0.1) is 5.82 Å². The van der Waals surface area contributed by atoms with Gasteiger partial charge in [-0.1, -0.05) is 37.5 Å². The van der Waals surface area contributed by atoms with Crippen molar-refractivity contribution in [3.05, 3.63) is 35.6 Å². The summed E-state index contributed by atoms with van der Waals surface area (Å²) < 4.78 is 13.6. The second-order valence-electron chi connectivity index (χ2n) is 5.27. The fourth-order valence-corrected chi connectivity index (χ4v) is 2.79. The van der Waals surface area contributed by atoms with E-state index < -0.39 is 6.10 Å². The molecule has 1 atom stereocenters. The van der Waals surface area contributed by atoms with Gasteiger partial charge >= 0.3 is 0 Å². The first-order chi connectivity index (χ1) is 8.68. The van der Waals surface area contributed by atoms with Crippen molar-refractivity contribution in [2.75, 3.05) is 13.6 Å². The highest BCUT2D eigenvalue weighted by Crippen LogP contribution is 2.24. The molecule has 0 heterocycles. The normalized spacial score (nSPS) is 19.1. The van der Waals surface area contributed by atoms with Gasteiger partial charge < -0.3 is 10.0 Å². The Labute approximate surface area is 108 Å². The molecule has 2 rings (SSSR count). The summed E-state index contributed by atoms with van der Waals surface area (Å²) in [6, 6.07) is 7.02.